The highest BCUT2D eigenvalue weighted by Crippen LogP contribution is 2.33. The second-order valence-corrected chi connectivity index (χ2v) is 3.14. The van der Waals surface area contributed by atoms with Crippen LogP contribution in [-0.2, 0) is 4.74 Å². The Morgan fingerprint density at radius 2 is 1.93 bits per heavy atom. The van der Waals surface area contributed by atoms with E-state index in [2.05, 4.69) is 0 Å². The van der Waals surface area contributed by atoms with E-state index in [0.29, 0.717) is 18.1 Å². The van der Waals surface area contributed by atoms with Crippen LogP contribution in [0.15, 0.2) is 18.2 Å². The van der Waals surface area contributed by atoms with Gasteiger partial charge in [-0.25, -0.2) is 0 Å². The average molecular weight is 211 g/mol. The molecular weight excluding hydrogens is 194 g/mol. The number of hydrogen-bond acceptors (Lipinski definition) is 4. The van der Waals surface area contributed by atoms with E-state index >= 15 is 0 Å². The lowest BCUT2D eigenvalue weighted by molar-refractivity contribution is 0.179. The van der Waals surface area contributed by atoms with Gasteiger partial charge in [0.1, 0.15) is 0 Å². The third-order valence-electron chi connectivity index (χ3n) is 2.18. The minimum Gasteiger partial charge on any atom is -0.493 e. The number of hydrogen-bond donors (Lipinski definition) is 1. The van der Waals surface area contributed by atoms with Crippen molar-refractivity contribution in [1.29, 1.82) is 0 Å². The van der Waals surface area contributed by atoms with Crippen LogP contribution in [0.2, 0.25) is 0 Å². The van der Waals surface area contributed by atoms with Crippen LogP contribution in [0.4, 0.5) is 0 Å². The quantitative estimate of drug-likeness (QED) is 0.798. The van der Waals surface area contributed by atoms with Gasteiger partial charge in [0.05, 0.1) is 26.9 Å². The molecule has 0 saturated carbocycles. The van der Waals surface area contributed by atoms with Gasteiger partial charge >= 0.3 is 0 Å². The van der Waals surface area contributed by atoms with Crippen LogP contribution < -0.4 is 15.2 Å². The van der Waals surface area contributed by atoms with Gasteiger partial charge in [0, 0.05) is 12.7 Å². The highest BCUT2D eigenvalue weighted by atomic mass is 16.5. The van der Waals surface area contributed by atoms with Crippen molar-refractivity contribution in [2.45, 2.75) is 6.04 Å². The van der Waals surface area contributed by atoms with Crippen LogP contribution >= 0.6 is 0 Å². The lowest BCUT2D eigenvalue weighted by Crippen LogP contribution is -2.17. The molecule has 0 saturated heterocycles. The molecule has 4 nitrogen and oxygen atoms in total. The predicted molar refractivity (Wildman–Crippen MR) is 58.4 cm³/mol. The van der Waals surface area contributed by atoms with Crippen LogP contribution in [0.3, 0.4) is 0 Å². The Bertz CT molecular complexity index is 315. The molecule has 0 aliphatic heterocycles. The van der Waals surface area contributed by atoms with Gasteiger partial charge in [-0.05, 0) is 6.07 Å². The van der Waals surface area contributed by atoms with Crippen LogP contribution in [0.25, 0.3) is 0 Å². The Morgan fingerprint density at radius 3 is 2.47 bits per heavy atom. The van der Waals surface area contributed by atoms with Crippen LogP contribution in [0.5, 0.6) is 11.5 Å². The Labute approximate surface area is 89.9 Å². The summed E-state index contributed by atoms with van der Waals surface area (Å²) in [6.45, 7) is 0.448. The van der Waals surface area contributed by atoms with Crippen molar-refractivity contribution in [3.8, 4) is 11.5 Å². The number of para-hydroxylation sites is 1. The molecule has 0 unspecified atom stereocenters. The number of rotatable bonds is 5. The lowest BCUT2D eigenvalue weighted by atomic mass is 10.1. The number of ether oxygens (including phenoxy) is 3. The second kappa shape index (κ2) is 5.58. The number of methoxy groups -OCH3 is 3. The number of benzene rings is 1. The zero-order chi connectivity index (χ0) is 11.3. The van der Waals surface area contributed by atoms with Crippen molar-refractivity contribution >= 4 is 0 Å². The SMILES string of the molecule is COC[C@H](N)c1cccc(OC)c1OC. The van der Waals surface area contributed by atoms with Gasteiger partial charge in [0.15, 0.2) is 11.5 Å². The first-order valence-electron chi connectivity index (χ1n) is 4.70. The maximum Gasteiger partial charge on any atom is 0.165 e. The van der Waals surface area contributed by atoms with Crippen LogP contribution in [0.1, 0.15) is 11.6 Å². The van der Waals surface area contributed by atoms with E-state index in [1.54, 1.807) is 21.3 Å². The molecule has 2 N–H and O–H groups in total. The van der Waals surface area contributed by atoms with E-state index in [1.165, 1.54) is 0 Å². The fourth-order valence-corrected chi connectivity index (χ4v) is 1.47. The first-order valence-corrected chi connectivity index (χ1v) is 4.70. The summed E-state index contributed by atoms with van der Waals surface area (Å²) in [4.78, 5) is 0. The van der Waals surface area contributed by atoms with Crippen molar-refractivity contribution < 1.29 is 14.2 Å². The van der Waals surface area contributed by atoms with E-state index in [0.717, 1.165) is 5.56 Å². The normalized spacial score (nSPS) is 12.3. The summed E-state index contributed by atoms with van der Waals surface area (Å²) < 4.78 is 15.5. The molecule has 1 aromatic carbocycles. The van der Waals surface area contributed by atoms with Crippen molar-refractivity contribution in [2.24, 2.45) is 5.73 Å². The zero-order valence-electron chi connectivity index (χ0n) is 9.32. The van der Waals surface area contributed by atoms with Gasteiger partial charge in [-0.1, -0.05) is 12.1 Å². The zero-order valence-corrected chi connectivity index (χ0v) is 9.32. The average Bonchev–Trinajstić information content (AvgIpc) is 2.28. The number of nitrogens with two attached hydrogens (primary N) is 1. The highest BCUT2D eigenvalue weighted by molar-refractivity contribution is 5.48. The molecule has 0 spiro atoms. The topological polar surface area (TPSA) is 53.7 Å². The molecule has 0 aliphatic rings. The molecule has 0 amide bonds. The minimum absolute atomic E-state index is 0.208. The third-order valence-corrected chi connectivity index (χ3v) is 2.18. The van der Waals surface area contributed by atoms with Gasteiger partial charge in [-0.3, -0.25) is 0 Å². The molecule has 0 aliphatic carbocycles. The Hall–Kier alpha value is -1.26. The monoisotopic (exact) mass is 211 g/mol. The molecule has 84 valence electrons. The van der Waals surface area contributed by atoms with Gasteiger partial charge in [-0.15, -0.1) is 0 Å². The first-order chi connectivity index (χ1) is 7.24. The Morgan fingerprint density at radius 1 is 1.20 bits per heavy atom. The molecule has 1 rings (SSSR count). The largest absolute Gasteiger partial charge is 0.493 e. The van der Waals surface area contributed by atoms with E-state index in [1.807, 2.05) is 18.2 Å². The summed E-state index contributed by atoms with van der Waals surface area (Å²) in [5.74, 6) is 1.35. The van der Waals surface area contributed by atoms with E-state index in [-0.39, 0.29) is 6.04 Å². The summed E-state index contributed by atoms with van der Waals surface area (Å²) in [5.41, 5.74) is 6.83. The molecule has 0 aromatic heterocycles. The highest BCUT2D eigenvalue weighted by Gasteiger charge is 2.15. The smallest absolute Gasteiger partial charge is 0.165 e. The molecule has 0 bridgehead atoms. The summed E-state index contributed by atoms with van der Waals surface area (Å²) >= 11 is 0. The van der Waals surface area contributed by atoms with Crippen molar-refractivity contribution in [3.05, 3.63) is 23.8 Å². The lowest BCUT2D eigenvalue weighted by Gasteiger charge is -2.16. The standard InChI is InChI=1S/C11H17NO3/c1-13-7-9(12)8-5-4-6-10(14-2)11(8)15-3/h4-6,9H,7,12H2,1-3H3/t9-/m0/s1. The molecule has 0 fully saturated rings. The van der Waals surface area contributed by atoms with E-state index in [9.17, 15) is 0 Å². The van der Waals surface area contributed by atoms with Crippen molar-refractivity contribution in [2.75, 3.05) is 27.9 Å². The Kier molecular flexibility index (Phi) is 4.39. The summed E-state index contributed by atoms with van der Waals surface area (Å²) in [6.07, 6.45) is 0. The maximum atomic E-state index is 5.94. The molecule has 4 heteroatoms. The van der Waals surface area contributed by atoms with Crippen LogP contribution in [0, 0.1) is 0 Å². The summed E-state index contributed by atoms with van der Waals surface area (Å²) in [7, 11) is 4.82. The molecule has 1 atom stereocenters. The summed E-state index contributed by atoms with van der Waals surface area (Å²) in [6, 6.07) is 5.42. The van der Waals surface area contributed by atoms with E-state index in [4.69, 9.17) is 19.9 Å². The van der Waals surface area contributed by atoms with Crippen molar-refractivity contribution in [1.82, 2.24) is 0 Å². The van der Waals surface area contributed by atoms with Gasteiger partial charge in [0.25, 0.3) is 0 Å². The van der Waals surface area contributed by atoms with Gasteiger partial charge in [-0.2, -0.15) is 0 Å². The third kappa shape index (κ3) is 2.61. The molecule has 1 aromatic rings. The molecular formula is C11H17NO3. The van der Waals surface area contributed by atoms with E-state index < -0.39 is 0 Å². The van der Waals surface area contributed by atoms with Gasteiger partial charge < -0.3 is 19.9 Å². The fraction of sp³-hybridized carbons (Fsp3) is 0.455. The molecule has 0 radical (unpaired) electrons. The first kappa shape index (κ1) is 11.8. The maximum absolute atomic E-state index is 5.94. The summed E-state index contributed by atoms with van der Waals surface area (Å²) in [5, 5.41) is 0. The van der Waals surface area contributed by atoms with Crippen molar-refractivity contribution in [3.63, 3.8) is 0 Å². The molecule has 15 heavy (non-hydrogen) atoms. The van der Waals surface area contributed by atoms with Gasteiger partial charge in [0.2, 0.25) is 0 Å². The van der Waals surface area contributed by atoms with Crippen LogP contribution in [-0.4, -0.2) is 27.9 Å². The predicted octanol–water partition coefficient (Wildman–Crippen LogP) is 1.35. The second-order valence-electron chi connectivity index (χ2n) is 3.14. The Balaban J connectivity index is 3.05. The molecule has 0 heterocycles. The minimum atomic E-state index is -0.208. The fourth-order valence-electron chi connectivity index (χ4n) is 1.47.